The zero-order valence-corrected chi connectivity index (χ0v) is 7.23. The lowest BCUT2D eigenvalue weighted by Gasteiger charge is -2.25. The molecule has 0 aromatic rings. The Bertz CT molecular complexity index is 311. The first-order valence-corrected chi connectivity index (χ1v) is 5.62. The fourth-order valence-electron chi connectivity index (χ4n) is 1.67. The first kappa shape index (κ1) is 8.00. The van der Waals surface area contributed by atoms with E-state index < -0.39 is 9.84 Å². The monoisotopic (exact) mass is 190 g/mol. The Morgan fingerprint density at radius 3 is 2.67 bits per heavy atom. The van der Waals surface area contributed by atoms with Crippen LogP contribution in [0.4, 0.5) is 0 Å². The van der Waals surface area contributed by atoms with Gasteiger partial charge in [0.2, 0.25) is 5.91 Å². The Labute approximate surface area is 70.4 Å². The number of carbonyl (C=O) groups excluding carboxylic acids is 1. The van der Waals surface area contributed by atoms with Crippen LogP contribution in [0.15, 0.2) is 0 Å². The minimum Gasteiger partial charge on any atom is -0.350 e. The van der Waals surface area contributed by atoms with E-state index in [1.54, 1.807) is 0 Å². The van der Waals surface area contributed by atoms with Crippen molar-refractivity contribution in [1.29, 1.82) is 0 Å². The molecule has 0 radical (unpaired) electrons. The van der Waals surface area contributed by atoms with Crippen LogP contribution >= 0.6 is 0 Å². The highest BCUT2D eigenvalue weighted by Crippen LogP contribution is 2.14. The van der Waals surface area contributed by atoms with Crippen LogP contribution in [0.3, 0.4) is 0 Å². The van der Waals surface area contributed by atoms with E-state index in [9.17, 15) is 13.2 Å². The van der Waals surface area contributed by atoms with Crippen molar-refractivity contribution in [3.05, 3.63) is 0 Å². The van der Waals surface area contributed by atoms with Crippen molar-refractivity contribution in [1.82, 2.24) is 10.6 Å². The molecule has 0 bridgehead atoms. The standard InChI is InChI=1S/C6H10N2O3S/c9-6-1-7-4-2-12(10,11)3-5(4)8-6/h4-5,7H,1-3H2,(H,8,9). The number of fused-ring (bicyclic) bond motifs is 1. The first-order valence-electron chi connectivity index (χ1n) is 3.80. The molecule has 0 aliphatic carbocycles. The van der Waals surface area contributed by atoms with E-state index in [1.807, 2.05) is 0 Å². The van der Waals surface area contributed by atoms with Crippen LogP contribution in [0.1, 0.15) is 0 Å². The fourth-order valence-corrected chi connectivity index (χ4v) is 3.57. The summed E-state index contributed by atoms with van der Waals surface area (Å²) in [6.07, 6.45) is 0. The molecule has 6 heteroatoms. The highest BCUT2D eigenvalue weighted by Gasteiger charge is 2.40. The predicted molar refractivity (Wildman–Crippen MR) is 42.4 cm³/mol. The molecule has 2 saturated heterocycles. The highest BCUT2D eigenvalue weighted by atomic mass is 32.2. The van der Waals surface area contributed by atoms with E-state index in [-0.39, 0.29) is 36.0 Å². The van der Waals surface area contributed by atoms with Crippen LogP contribution in [0.25, 0.3) is 0 Å². The minimum absolute atomic E-state index is 0.0762. The molecule has 0 aromatic heterocycles. The average molecular weight is 190 g/mol. The number of amides is 1. The molecule has 0 saturated carbocycles. The van der Waals surface area contributed by atoms with Crippen molar-refractivity contribution < 1.29 is 13.2 Å². The van der Waals surface area contributed by atoms with Crippen molar-refractivity contribution in [2.24, 2.45) is 0 Å². The van der Waals surface area contributed by atoms with Crippen LogP contribution in [0, 0.1) is 0 Å². The maximum atomic E-state index is 11.1. The van der Waals surface area contributed by atoms with Gasteiger partial charge in [0.15, 0.2) is 9.84 Å². The number of hydrogen-bond acceptors (Lipinski definition) is 4. The van der Waals surface area contributed by atoms with Gasteiger partial charge in [0.25, 0.3) is 0 Å². The predicted octanol–water partition coefficient (Wildman–Crippen LogP) is -2.13. The van der Waals surface area contributed by atoms with E-state index in [4.69, 9.17) is 0 Å². The lowest BCUT2D eigenvalue weighted by molar-refractivity contribution is -0.122. The van der Waals surface area contributed by atoms with Crippen molar-refractivity contribution in [3.8, 4) is 0 Å². The maximum Gasteiger partial charge on any atom is 0.234 e. The van der Waals surface area contributed by atoms with Crippen LogP contribution in [0.5, 0.6) is 0 Å². The van der Waals surface area contributed by atoms with Crippen LogP contribution in [-0.2, 0) is 14.6 Å². The molecule has 2 aliphatic heterocycles. The van der Waals surface area contributed by atoms with Gasteiger partial charge < -0.3 is 10.6 Å². The summed E-state index contributed by atoms with van der Waals surface area (Å²) in [5, 5.41) is 5.55. The molecular formula is C6H10N2O3S. The van der Waals surface area contributed by atoms with Gasteiger partial charge in [-0.1, -0.05) is 0 Å². The summed E-state index contributed by atoms with van der Waals surface area (Å²) in [6.45, 7) is 0.233. The van der Waals surface area contributed by atoms with Crippen LogP contribution < -0.4 is 10.6 Å². The van der Waals surface area contributed by atoms with E-state index in [2.05, 4.69) is 10.6 Å². The molecule has 68 valence electrons. The molecule has 1 amide bonds. The summed E-state index contributed by atoms with van der Waals surface area (Å²) in [6, 6.07) is -0.288. The van der Waals surface area contributed by atoms with Gasteiger partial charge in [-0.05, 0) is 0 Å². The van der Waals surface area contributed by atoms with Gasteiger partial charge in [-0.3, -0.25) is 4.79 Å². The normalized spacial score (nSPS) is 38.8. The van der Waals surface area contributed by atoms with Gasteiger partial charge in [0.1, 0.15) is 0 Å². The minimum atomic E-state index is -2.93. The lowest BCUT2D eigenvalue weighted by atomic mass is 10.1. The Hall–Kier alpha value is -0.620. The van der Waals surface area contributed by atoms with Crippen molar-refractivity contribution in [2.45, 2.75) is 12.1 Å². The fraction of sp³-hybridized carbons (Fsp3) is 0.833. The second-order valence-electron chi connectivity index (χ2n) is 3.24. The third-order valence-electron chi connectivity index (χ3n) is 2.22. The molecule has 2 aliphatic rings. The van der Waals surface area contributed by atoms with Gasteiger partial charge in [-0.15, -0.1) is 0 Å². The van der Waals surface area contributed by atoms with E-state index in [0.717, 1.165) is 0 Å². The molecule has 0 spiro atoms. The zero-order chi connectivity index (χ0) is 8.77. The van der Waals surface area contributed by atoms with E-state index in [0.29, 0.717) is 0 Å². The summed E-state index contributed by atoms with van der Waals surface area (Å²) >= 11 is 0. The third kappa shape index (κ3) is 1.32. The number of nitrogens with one attached hydrogen (secondary N) is 2. The summed E-state index contributed by atoms with van der Waals surface area (Å²) < 4.78 is 22.2. The Morgan fingerprint density at radius 1 is 1.25 bits per heavy atom. The van der Waals surface area contributed by atoms with Gasteiger partial charge in [-0.2, -0.15) is 0 Å². The van der Waals surface area contributed by atoms with Crippen molar-refractivity contribution >= 4 is 15.7 Å². The molecule has 0 aromatic carbocycles. The molecule has 5 nitrogen and oxygen atoms in total. The van der Waals surface area contributed by atoms with Gasteiger partial charge in [-0.25, -0.2) is 8.42 Å². The largest absolute Gasteiger partial charge is 0.350 e. The Morgan fingerprint density at radius 2 is 1.92 bits per heavy atom. The van der Waals surface area contributed by atoms with Gasteiger partial charge in [0, 0.05) is 6.04 Å². The Kier molecular flexibility index (Phi) is 1.62. The molecule has 2 unspecified atom stereocenters. The van der Waals surface area contributed by atoms with Crippen molar-refractivity contribution in [3.63, 3.8) is 0 Å². The number of rotatable bonds is 0. The quantitative estimate of drug-likeness (QED) is 0.457. The summed E-state index contributed by atoms with van der Waals surface area (Å²) in [4.78, 5) is 10.8. The molecule has 2 N–H and O–H groups in total. The van der Waals surface area contributed by atoms with Gasteiger partial charge in [0.05, 0.1) is 24.1 Å². The lowest BCUT2D eigenvalue weighted by Crippen LogP contribution is -2.58. The molecule has 2 atom stereocenters. The van der Waals surface area contributed by atoms with Crippen molar-refractivity contribution in [2.75, 3.05) is 18.1 Å². The molecule has 12 heavy (non-hydrogen) atoms. The SMILES string of the molecule is O=C1CNC2CS(=O)(=O)CC2N1. The summed E-state index contributed by atoms with van der Waals surface area (Å²) in [7, 11) is -2.93. The second-order valence-corrected chi connectivity index (χ2v) is 5.39. The molecule has 2 heterocycles. The number of carbonyl (C=O) groups is 1. The number of sulfone groups is 1. The number of piperazine rings is 1. The maximum absolute atomic E-state index is 11.1. The Balaban J connectivity index is 2.17. The topological polar surface area (TPSA) is 75.3 Å². The highest BCUT2D eigenvalue weighted by molar-refractivity contribution is 7.91. The van der Waals surface area contributed by atoms with Gasteiger partial charge >= 0.3 is 0 Å². The van der Waals surface area contributed by atoms with Crippen LogP contribution in [0.2, 0.25) is 0 Å². The van der Waals surface area contributed by atoms with E-state index in [1.165, 1.54) is 0 Å². The zero-order valence-electron chi connectivity index (χ0n) is 6.41. The third-order valence-corrected chi connectivity index (χ3v) is 3.96. The first-order chi connectivity index (χ1) is 5.57. The smallest absolute Gasteiger partial charge is 0.234 e. The summed E-state index contributed by atoms with van der Waals surface area (Å²) in [5.41, 5.74) is 0. The summed E-state index contributed by atoms with van der Waals surface area (Å²) in [5.74, 6) is 0.113. The molecular weight excluding hydrogens is 180 g/mol. The molecule has 2 fully saturated rings. The number of hydrogen-bond donors (Lipinski definition) is 2. The molecule has 2 rings (SSSR count). The average Bonchev–Trinajstić information content (AvgIpc) is 2.21. The second kappa shape index (κ2) is 2.43. The van der Waals surface area contributed by atoms with Crippen LogP contribution in [-0.4, -0.2) is 44.5 Å². The van der Waals surface area contributed by atoms with E-state index >= 15 is 0 Å².